The predicted octanol–water partition coefficient (Wildman–Crippen LogP) is 4.22. The van der Waals surface area contributed by atoms with E-state index in [2.05, 4.69) is 11.9 Å². The normalized spacial score (nSPS) is 13.3. The Morgan fingerprint density at radius 2 is 2.10 bits per heavy atom. The van der Waals surface area contributed by atoms with Crippen LogP contribution in [-0.4, -0.2) is 32.1 Å². The number of allylic oxidation sites excluding steroid dienone is 1. The molecule has 0 radical (unpaired) electrons. The van der Waals surface area contributed by atoms with Gasteiger partial charge in [-0.05, 0) is 48.7 Å². The summed E-state index contributed by atoms with van der Waals surface area (Å²) < 4.78 is 10.9. The Kier molecular flexibility index (Phi) is 6.77. The van der Waals surface area contributed by atoms with Gasteiger partial charge < -0.3 is 19.7 Å². The summed E-state index contributed by atoms with van der Waals surface area (Å²) in [5.74, 6) is 0.719. The van der Waals surface area contributed by atoms with Gasteiger partial charge in [0.15, 0.2) is 18.1 Å². The molecule has 0 unspecified atom stereocenters. The summed E-state index contributed by atoms with van der Waals surface area (Å²) in [7, 11) is 1.55. The average molecular weight is 415 g/mol. The number of carbonyl (C=O) groups excluding carboxylic acids is 2. The van der Waals surface area contributed by atoms with Crippen LogP contribution in [0, 0.1) is 0 Å². The molecule has 1 aliphatic rings. The van der Waals surface area contributed by atoms with E-state index in [0.717, 1.165) is 12.0 Å². The monoisotopic (exact) mass is 414 g/mol. The van der Waals surface area contributed by atoms with Gasteiger partial charge in [-0.25, -0.2) is 0 Å². The van der Waals surface area contributed by atoms with Gasteiger partial charge in [0, 0.05) is 18.7 Å². The molecule has 7 heteroatoms. The fourth-order valence-corrected chi connectivity index (χ4v) is 3.32. The third kappa shape index (κ3) is 5.09. The first kappa shape index (κ1) is 20.7. The van der Waals surface area contributed by atoms with Crippen molar-refractivity contribution in [2.75, 3.05) is 30.5 Å². The van der Waals surface area contributed by atoms with Crippen molar-refractivity contribution in [1.29, 1.82) is 0 Å². The fraction of sp³-hybridized carbons (Fsp3) is 0.273. The van der Waals surface area contributed by atoms with Crippen molar-refractivity contribution < 1.29 is 19.1 Å². The predicted molar refractivity (Wildman–Crippen MR) is 114 cm³/mol. The van der Waals surface area contributed by atoms with E-state index in [-0.39, 0.29) is 18.4 Å². The highest BCUT2D eigenvalue weighted by Gasteiger charge is 2.22. The molecule has 1 N–H and O–H groups in total. The van der Waals surface area contributed by atoms with E-state index in [4.69, 9.17) is 21.1 Å². The SMILES string of the molecule is C=CCc1ccc(OCC(=O)Nc2cc(N3CCCC3=O)ccc2Cl)c(OC)c1. The van der Waals surface area contributed by atoms with Crippen molar-refractivity contribution >= 4 is 34.8 Å². The summed E-state index contributed by atoms with van der Waals surface area (Å²) in [5.41, 5.74) is 2.19. The molecule has 0 aliphatic carbocycles. The number of methoxy groups -OCH3 is 1. The van der Waals surface area contributed by atoms with Gasteiger partial charge >= 0.3 is 0 Å². The number of rotatable bonds is 8. The molecule has 6 nitrogen and oxygen atoms in total. The lowest BCUT2D eigenvalue weighted by atomic mass is 10.1. The Morgan fingerprint density at radius 3 is 2.79 bits per heavy atom. The molecule has 152 valence electrons. The van der Waals surface area contributed by atoms with Crippen LogP contribution in [0.15, 0.2) is 49.1 Å². The van der Waals surface area contributed by atoms with E-state index < -0.39 is 0 Å². The third-order valence-corrected chi connectivity index (χ3v) is 4.91. The van der Waals surface area contributed by atoms with Crippen molar-refractivity contribution in [3.63, 3.8) is 0 Å². The number of hydrogen-bond donors (Lipinski definition) is 1. The zero-order valence-corrected chi connectivity index (χ0v) is 17.0. The maximum atomic E-state index is 12.4. The Morgan fingerprint density at radius 1 is 1.28 bits per heavy atom. The largest absolute Gasteiger partial charge is 0.493 e. The van der Waals surface area contributed by atoms with Gasteiger partial charge in [-0.15, -0.1) is 6.58 Å². The van der Waals surface area contributed by atoms with Gasteiger partial charge in [-0.1, -0.05) is 23.7 Å². The highest BCUT2D eigenvalue weighted by molar-refractivity contribution is 6.33. The maximum Gasteiger partial charge on any atom is 0.262 e. The van der Waals surface area contributed by atoms with Crippen LogP contribution in [0.1, 0.15) is 18.4 Å². The number of nitrogens with one attached hydrogen (secondary N) is 1. The van der Waals surface area contributed by atoms with Gasteiger partial charge in [0.1, 0.15) is 0 Å². The van der Waals surface area contributed by atoms with Crippen LogP contribution in [0.3, 0.4) is 0 Å². The molecule has 1 fully saturated rings. The van der Waals surface area contributed by atoms with Crippen LogP contribution in [0.2, 0.25) is 5.02 Å². The summed E-state index contributed by atoms with van der Waals surface area (Å²) in [6, 6.07) is 10.6. The smallest absolute Gasteiger partial charge is 0.262 e. The van der Waals surface area contributed by atoms with Gasteiger partial charge in [0.05, 0.1) is 17.8 Å². The van der Waals surface area contributed by atoms with Crippen LogP contribution in [0.5, 0.6) is 11.5 Å². The van der Waals surface area contributed by atoms with Crippen LogP contribution >= 0.6 is 11.6 Å². The third-order valence-electron chi connectivity index (χ3n) is 4.58. The van der Waals surface area contributed by atoms with Crippen molar-refractivity contribution in [1.82, 2.24) is 0 Å². The van der Waals surface area contributed by atoms with Crippen LogP contribution in [0.25, 0.3) is 0 Å². The Hall–Kier alpha value is -2.99. The van der Waals surface area contributed by atoms with Gasteiger partial charge in [0.25, 0.3) is 5.91 Å². The molecule has 2 amide bonds. The van der Waals surface area contributed by atoms with Crippen molar-refractivity contribution in [2.24, 2.45) is 0 Å². The molecule has 0 saturated carbocycles. The van der Waals surface area contributed by atoms with Crippen molar-refractivity contribution in [2.45, 2.75) is 19.3 Å². The first-order chi connectivity index (χ1) is 14.0. The summed E-state index contributed by atoms with van der Waals surface area (Å²) in [6.45, 7) is 4.18. The molecule has 3 rings (SSSR count). The molecule has 1 aliphatic heterocycles. The maximum absolute atomic E-state index is 12.4. The minimum Gasteiger partial charge on any atom is -0.493 e. The number of anilines is 2. The molecule has 29 heavy (non-hydrogen) atoms. The van der Waals surface area contributed by atoms with Gasteiger partial charge in [0.2, 0.25) is 5.91 Å². The van der Waals surface area contributed by atoms with Crippen LogP contribution < -0.4 is 19.7 Å². The number of nitrogens with zero attached hydrogens (tertiary/aromatic N) is 1. The average Bonchev–Trinajstić information content (AvgIpc) is 3.14. The van der Waals surface area contributed by atoms with E-state index in [0.29, 0.717) is 47.3 Å². The summed E-state index contributed by atoms with van der Waals surface area (Å²) in [4.78, 5) is 26.0. The van der Waals surface area contributed by atoms with E-state index in [1.807, 2.05) is 12.1 Å². The second kappa shape index (κ2) is 9.47. The van der Waals surface area contributed by atoms with E-state index >= 15 is 0 Å². The number of carbonyl (C=O) groups is 2. The second-order valence-corrected chi connectivity index (χ2v) is 7.04. The van der Waals surface area contributed by atoms with Crippen molar-refractivity contribution in [3.05, 3.63) is 59.6 Å². The lowest BCUT2D eigenvalue weighted by Crippen LogP contribution is -2.24. The minimum absolute atomic E-state index is 0.0694. The van der Waals surface area contributed by atoms with Crippen LogP contribution in [0.4, 0.5) is 11.4 Å². The number of hydrogen-bond acceptors (Lipinski definition) is 4. The number of ether oxygens (including phenoxy) is 2. The molecule has 0 bridgehead atoms. The lowest BCUT2D eigenvalue weighted by molar-refractivity contribution is -0.118. The fourth-order valence-electron chi connectivity index (χ4n) is 3.15. The number of amides is 2. The molecule has 2 aromatic rings. The molecular formula is C22H23ClN2O4. The lowest BCUT2D eigenvalue weighted by Gasteiger charge is -2.18. The first-order valence-corrected chi connectivity index (χ1v) is 9.70. The number of halogens is 1. The van der Waals surface area contributed by atoms with Crippen molar-refractivity contribution in [3.8, 4) is 11.5 Å². The zero-order valence-electron chi connectivity index (χ0n) is 16.2. The highest BCUT2D eigenvalue weighted by Crippen LogP contribution is 2.31. The van der Waals surface area contributed by atoms with E-state index in [9.17, 15) is 9.59 Å². The molecule has 0 atom stereocenters. The quantitative estimate of drug-likeness (QED) is 0.656. The van der Waals surface area contributed by atoms with Gasteiger partial charge in [-0.2, -0.15) is 0 Å². The molecule has 0 spiro atoms. The molecule has 2 aromatic carbocycles. The van der Waals surface area contributed by atoms with E-state index in [1.165, 1.54) is 0 Å². The summed E-state index contributed by atoms with van der Waals surface area (Å²) >= 11 is 6.21. The minimum atomic E-state index is -0.367. The van der Waals surface area contributed by atoms with Gasteiger partial charge in [-0.3, -0.25) is 9.59 Å². The van der Waals surface area contributed by atoms with Crippen LogP contribution in [-0.2, 0) is 16.0 Å². The standard InChI is InChI=1S/C22H23ClN2O4/c1-3-5-15-7-10-19(20(12-15)28-2)29-14-21(26)24-18-13-16(8-9-17(18)23)25-11-4-6-22(25)27/h3,7-10,12-13H,1,4-6,11,14H2,2H3,(H,24,26). The Balaban J connectivity index is 1.65. The molecule has 0 aromatic heterocycles. The first-order valence-electron chi connectivity index (χ1n) is 9.32. The van der Waals surface area contributed by atoms with E-state index in [1.54, 1.807) is 42.4 Å². The highest BCUT2D eigenvalue weighted by atomic mass is 35.5. The Bertz CT molecular complexity index is 929. The zero-order chi connectivity index (χ0) is 20.8. The summed E-state index contributed by atoms with van der Waals surface area (Å²) in [5, 5.41) is 3.13. The Labute approximate surface area is 175 Å². The molecule has 1 heterocycles. The second-order valence-electron chi connectivity index (χ2n) is 6.63. The topological polar surface area (TPSA) is 67.9 Å². The number of benzene rings is 2. The summed E-state index contributed by atoms with van der Waals surface area (Å²) in [6.07, 6.45) is 3.87. The molecular weight excluding hydrogens is 392 g/mol. The molecule has 1 saturated heterocycles.